The van der Waals surface area contributed by atoms with Crippen molar-refractivity contribution in [2.24, 2.45) is 0 Å². The Morgan fingerprint density at radius 3 is 2.93 bits per heavy atom. The highest BCUT2D eigenvalue weighted by Gasteiger charge is 2.33. The predicted molar refractivity (Wildman–Crippen MR) is 113 cm³/mol. The Kier molecular flexibility index (Phi) is 6.28. The Labute approximate surface area is 178 Å². The fourth-order valence-electron chi connectivity index (χ4n) is 3.65. The minimum atomic E-state index is -3.02. The number of nitrogens with zero attached hydrogens (tertiary/aromatic N) is 4. The third kappa shape index (κ3) is 4.84. The van der Waals surface area contributed by atoms with E-state index in [4.69, 9.17) is 4.74 Å². The third-order valence-electron chi connectivity index (χ3n) is 5.34. The lowest BCUT2D eigenvalue weighted by Gasteiger charge is -2.23. The summed E-state index contributed by atoms with van der Waals surface area (Å²) in [4.78, 5) is 15.2. The van der Waals surface area contributed by atoms with Gasteiger partial charge in [0.05, 0.1) is 34.8 Å². The first-order valence-electron chi connectivity index (χ1n) is 9.60. The first-order chi connectivity index (χ1) is 13.9. The van der Waals surface area contributed by atoms with E-state index >= 15 is 0 Å². The van der Waals surface area contributed by atoms with Crippen LogP contribution in [0.25, 0.3) is 10.7 Å². The maximum atomic E-state index is 12.6. The molecule has 2 aromatic rings. The summed E-state index contributed by atoms with van der Waals surface area (Å²) >= 11 is 2.94. The molecule has 4 rings (SSSR count). The van der Waals surface area contributed by atoms with Crippen LogP contribution in [0.4, 0.5) is 0 Å². The molecule has 29 heavy (non-hydrogen) atoms. The van der Waals surface area contributed by atoms with Gasteiger partial charge in [0.25, 0.3) is 0 Å². The topological polar surface area (TPSA) is 94.4 Å². The second-order valence-electron chi connectivity index (χ2n) is 7.38. The normalized spacial score (nSPS) is 23.5. The van der Waals surface area contributed by atoms with Gasteiger partial charge in [-0.1, -0.05) is 17.8 Å². The molecule has 2 atom stereocenters. The standard InChI is InChI=1S/C18H24N4O4S3/c1-21(13-6-9-29(24,25)12-13)16(23)11-28-18-20-19-17(15-5-3-8-27-15)22(18)10-14-4-2-7-26-14/h3,5,8,13-14H,2,4,6-7,9-12H2,1H3/t13-,14-/m1/s1. The van der Waals surface area contributed by atoms with Crippen molar-refractivity contribution in [1.29, 1.82) is 0 Å². The van der Waals surface area contributed by atoms with Crippen molar-refractivity contribution in [2.45, 2.75) is 43.1 Å². The fourth-order valence-corrected chi connectivity index (χ4v) is 7.02. The molecule has 11 heteroatoms. The van der Waals surface area contributed by atoms with Gasteiger partial charge in [-0.05, 0) is 30.7 Å². The summed E-state index contributed by atoms with van der Waals surface area (Å²) in [6, 6.07) is 3.75. The Morgan fingerprint density at radius 2 is 2.28 bits per heavy atom. The molecule has 0 radical (unpaired) electrons. The predicted octanol–water partition coefficient (Wildman–Crippen LogP) is 1.92. The number of carbonyl (C=O) groups excluding carboxylic acids is 1. The number of sulfone groups is 1. The zero-order valence-corrected chi connectivity index (χ0v) is 18.6. The molecule has 8 nitrogen and oxygen atoms in total. The molecular weight excluding hydrogens is 432 g/mol. The second kappa shape index (κ2) is 8.75. The van der Waals surface area contributed by atoms with Crippen molar-refractivity contribution in [3.63, 3.8) is 0 Å². The molecule has 2 aromatic heterocycles. The van der Waals surface area contributed by atoms with Crippen LogP contribution >= 0.6 is 23.1 Å². The summed E-state index contributed by atoms with van der Waals surface area (Å²) in [6.45, 7) is 1.44. The van der Waals surface area contributed by atoms with Crippen LogP contribution in [0.2, 0.25) is 0 Å². The highest BCUT2D eigenvalue weighted by molar-refractivity contribution is 7.99. The highest BCUT2D eigenvalue weighted by Crippen LogP contribution is 2.29. The first-order valence-corrected chi connectivity index (χ1v) is 13.3. The molecule has 0 bridgehead atoms. The lowest BCUT2D eigenvalue weighted by Crippen LogP contribution is -2.38. The molecule has 0 aliphatic carbocycles. The average molecular weight is 457 g/mol. The molecule has 0 unspecified atom stereocenters. The monoisotopic (exact) mass is 456 g/mol. The number of amides is 1. The van der Waals surface area contributed by atoms with Crippen molar-refractivity contribution < 1.29 is 17.9 Å². The minimum Gasteiger partial charge on any atom is -0.376 e. The molecule has 2 aliphatic heterocycles. The SMILES string of the molecule is CN(C(=O)CSc1nnc(-c2cccs2)n1C[C@H]1CCCO1)[C@@H]1CCS(=O)(=O)C1. The molecule has 0 aromatic carbocycles. The lowest BCUT2D eigenvalue weighted by molar-refractivity contribution is -0.128. The first kappa shape index (κ1) is 20.8. The Balaban J connectivity index is 1.45. The molecule has 2 fully saturated rings. The Morgan fingerprint density at radius 1 is 1.41 bits per heavy atom. The average Bonchev–Trinajstić information content (AvgIpc) is 3.47. The van der Waals surface area contributed by atoms with Crippen LogP contribution in [0, 0.1) is 0 Å². The van der Waals surface area contributed by atoms with Crippen LogP contribution in [-0.4, -0.2) is 77.0 Å². The molecule has 0 spiro atoms. The maximum Gasteiger partial charge on any atom is 0.233 e. The van der Waals surface area contributed by atoms with E-state index in [9.17, 15) is 13.2 Å². The number of hydrogen-bond donors (Lipinski definition) is 0. The van der Waals surface area contributed by atoms with Gasteiger partial charge in [-0.3, -0.25) is 9.36 Å². The minimum absolute atomic E-state index is 0.0532. The number of hydrogen-bond acceptors (Lipinski definition) is 8. The van der Waals surface area contributed by atoms with Crippen molar-refractivity contribution in [2.75, 3.05) is 30.9 Å². The van der Waals surface area contributed by atoms with Gasteiger partial charge in [0.15, 0.2) is 20.8 Å². The van der Waals surface area contributed by atoms with E-state index in [0.717, 1.165) is 30.2 Å². The van der Waals surface area contributed by atoms with Crippen molar-refractivity contribution in [1.82, 2.24) is 19.7 Å². The zero-order chi connectivity index (χ0) is 20.4. The van der Waals surface area contributed by atoms with E-state index in [1.165, 1.54) is 11.8 Å². The molecule has 1 amide bonds. The Hall–Kier alpha value is -1.43. The summed E-state index contributed by atoms with van der Waals surface area (Å²) in [6.07, 6.45) is 2.69. The smallest absolute Gasteiger partial charge is 0.233 e. The molecule has 0 saturated carbocycles. The van der Waals surface area contributed by atoms with Gasteiger partial charge in [-0.15, -0.1) is 21.5 Å². The van der Waals surface area contributed by atoms with Crippen LogP contribution in [0.1, 0.15) is 19.3 Å². The molecule has 0 N–H and O–H groups in total. The van der Waals surface area contributed by atoms with E-state index in [0.29, 0.717) is 18.1 Å². The molecular formula is C18H24N4O4S3. The van der Waals surface area contributed by atoms with E-state index < -0.39 is 9.84 Å². The van der Waals surface area contributed by atoms with Gasteiger partial charge >= 0.3 is 0 Å². The number of thiophene rings is 1. The largest absolute Gasteiger partial charge is 0.376 e. The summed E-state index contributed by atoms with van der Waals surface area (Å²) in [5.41, 5.74) is 0. The lowest BCUT2D eigenvalue weighted by atomic mass is 10.2. The summed E-state index contributed by atoms with van der Waals surface area (Å²) < 4.78 is 31.2. The van der Waals surface area contributed by atoms with E-state index in [2.05, 4.69) is 10.2 Å². The zero-order valence-electron chi connectivity index (χ0n) is 16.2. The van der Waals surface area contributed by atoms with Gasteiger partial charge in [0.2, 0.25) is 5.91 Å². The Bertz CT molecular complexity index is 952. The molecule has 158 valence electrons. The molecule has 2 aliphatic rings. The van der Waals surface area contributed by atoms with Crippen LogP contribution in [0.5, 0.6) is 0 Å². The van der Waals surface area contributed by atoms with Gasteiger partial charge < -0.3 is 9.64 Å². The van der Waals surface area contributed by atoms with Crippen LogP contribution < -0.4 is 0 Å². The number of carbonyl (C=O) groups is 1. The van der Waals surface area contributed by atoms with E-state index in [1.807, 2.05) is 22.1 Å². The maximum absolute atomic E-state index is 12.6. The van der Waals surface area contributed by atoms with Gasteiger partial charge in [0, 0.05) is 19.7 Å². The number of aromatic nitrogens is 3. The van der Waals surface area contributed by atoms with Gasteiger partial charge in [-0.25, -0.2) is 8.42 Å². The quantitative estimate of drug-likeness (QED) is 0.588. The van der Waals surface area contributed by atoms with Crippen molar-refractivity contribution in [3.05, 3.63) is 17.5 Å². The summed E-state index contributed by atoms with van der Waals surface area (Å²) in [5, 5.41) is 11.4. The summed E-state index contributed by atoms with van der Waals surface area (Å²) in [5.74, 6) is 1.10. The van der Waals surface area contributed by atoms with Gasteiger partial charge in [0.1, 0.15) is 0 Å². The molecule has 2 saturated heterocycles. The van der Waals surface area contributed by atoms with E-state index in [-0.39, 0.29) is 35.3 Å². The van der Waals surface area contributed by atoms with Gasteiger partial charge in [-0.2, -0.15) is 0 Å². The third-order valence-corrected chi connectivity index (χ3v) is 8.91. The highest BCUT2D eigenvalue weighted by atomic mass is 32.2. The van der Waals surface area contributed by atoms with Crippen LogP contribution in [0.3, 0.4) is 0 Å². The number of rotatable bonds is 7. The molecule has 4 heterocycles. The van der Waals surface area contributed by atoms with Crippen LogP contribution in [0.15, 0.2) is 22.7 Å². The van der Waals surface area contributed by atoms with E-state index in [1.54, 1.807) is 23.3 Å². The van der Waals surface area contributed by atoms with Crippen molar-refractivity contribution >= 4 is 38.8 Å². The number of ether oxygens (including phenoxy) is 1. The van der Waals surface area contributed by atoms with Crippen molar-refractivity contribution in [3.8, 4) is 10.7 Å². The summed E-state index contributed by atoms with van der Waals surface area (Å²) in [7, 11) is -1.34. The van der Waals surface area contributed by atoms with Crippen LogP contribution in [-0.2, 0) is 25.9 Å². The number of thioether (sulfide) groups is 1. The second-order valence-corrected chi connectivity index (χ2v) is 11.5. The fraction of sp³-hybridized carbons (Fsp3) is 0.611.